The van der Waals surface area contributed by atoms with Crippen molar-refractivity contribution in [3.8, 4) is 0 Å². The van der Waals surface area contributed by atoms with Gasteiger partial charge in [-0.3, -0.25) is 10.1 Å². The summed E-state index contributed by atoms with van der Waals surface area (Å²) in [6, 6.07) is 9.54. The summed E-state index contributed by atoms with van der Waals surface area (Å²) in [7, 11) is -1.74. The predicted octanol–water partition coefficient (Wildman–Crippen LogP) is 2.70. The number of likely N-dealkylation sites (N-methyl/N-ethyl adjacent to an activating group) is 1. The molecule has 1 aliphatic heterocycles. The number of nitrogens with one attached hydrogen (secondary N) is 1. The number of sulfone groups is 1. The molecule has 40 heavy (non-hydrogen) atoms. The van der Waals surface area contributed by atoms with Crippen LogP contribution in [0, 0.1) is 0 Å². The highest BCUT2D eigenvalue weighted by Gasteiger charge is 2.31. The summed E-state index contributed by atoms with van der Waals surface area (Å²) in [5.41, 5.74) is 0.913. The van der Waals surface area contributed by atoms with Crippen LogP contribution < -0.4 is 10.2 Å². The van der Waals surface area contributed by atoms with Gasteiger partial charge in [-0.25, -0.2) is 23.4 Å². The van der Waals surface area contributed by atoms with Gasteiger partial charge in [0.15, 0.2) is 27.3 Å². The van der Waals surface area contributed by atoms with Gasteiger partial charge in [0.05, 0.1) is 23.4 Å². The van der Waals surface area contributed by atoms with E-state index in [1.165, 1.54) is 46.9 Å². The van der Waals surface area contributed by atoms with Crippen LogP contribution >= 0.6 is 22.7 Å². The largest absolute Gasteiger partial charge is 0.395 e. The Morgan fingerprint density at radius 1 is 1.25 bits per heavy atom. The summed E-state index contributed by atoms with van der Waals surface area (Å²) in [5, 5.41) is 18.2. The first-order valence-electron chi connectivity index (χ1n) is 12.3. The van der Waals surface area contributed by atoms with Crippen LogP contribution in [0.15, 0.2) is 58.0 Å². The number of carbonyl (C=O) groups excluding carboxylic acids is 1. The van der Waals surface area contributed by atoms with Gasteiger partial charge < -0.3 is 19.6 Å². The van der Waals surface area contributed by atoms with Gasteiger partial charge in [0, 0.05) is 37.3 Å². The molecule has 0 saturated carbocycles. The zero-order valence-corrected chi connectivity index (χ0v) is 23.8. The molecule has 12 nitrogen and oxygen atoms in total. The number of rotatable bonds is 11. The lowest BCUT2D eigenvalue weighted by Gasteiger charge is -2.15. The average Bonchev–Trinajstić information content (AvgIpc) is 3.73. The van der Waals surface area contributed by atoms with Crippen LogP contribution in [0.4, 0.5) is 10.9 Å². The maximum absolute atomic E-state index is 13.4. The Bertz CT molecular complexity index is 1600. The summed E-state index contributed by atoms with van der Waals surface area (Å²) in [6.07, 6.45) is 2.09. The fourth-order valence-corrected chi connectivity index (χ4v) is 6.88. The van der Waals surface area contributed by atoms with E-state index in [0.29, 0.717) is 51.4 Å². The quantitative estimate of drug-likeness (QED) is 0.193. The minimum absolute atomic E-state index is 0.00511. The smallest absolute Gasteiger partial charge is 0.280 e. The molecule has 0 spiro atoms. The summed E-state index contributed by atoms with van der Waals surface area (Å²) >= 11 is 2.58. The van der Waals surface area contributed by atoms with Crippen molar-refractivity contribution in [2.24, 2.45) is 5.16 Å². The van der Waals surface area contributed by atoms with E-state index in [9.17, 15) is 18.3 Å². The summed E-state index contributed by atoms with van der Waals surface area (Å²) in [6.45, 7) is 1.07. The number of thiazole rings is 2. The maximum Gasteiger partial charge on any atom is 0.280 e. The number of hydrogen-bond acceptors (Lipinski definition) is 13. The highest BCUT2D eigenvalue weighted by atomic mass is 32.2. The minimum atomic E-state index is -3.56. The van der Waals surface area contributed by atoms with Gasteiger partial charge in [-0.2, -0.15) is 0 Å². The first kappa shape index (κ1) is 28.0. The Balaban J connectivity index is 1.38. The van der Waals surface area contributed by atoms with Crippen LogP contribution in [0.2, 0.25) is 0 Å². The molecular formula is C25H26N6O6S3. The van der Waals surface area contributed by atoms with Crippen molar-refractivity contribution in [1.29, 1.82) is 0 Å². The van der Waals surface area contributed by atoms with Crippen molar-refractivity contribution < 1.29 is 27.9 Å². The molecular weight excluding hydrogens is 577 g/mol. The topological polar surface area (TPSA) is 156 Å². The highest BCUT2D eigenvalue weighted by molar-refractivity contribution is 7.92. The van der Waals surface area contributed by atoms with Crippen molar-refractivity contribution >= 4 is 65.4 Å². The monoisotopic (exact) mass is 602 g/mol. The number of amides is 1. The molecule has 2 N–H and O–H groups in total. The Hall–Kier alpha value is -3.50. The molecule has 1 atom stereocenters. The number of fused-ring (bicyclic) bond motifs is 1. The molecule has 5 rings (SSSR count). The molecule has 210 valence electrons. The second-order valence-corrected chi connectivity index (χ2v) is 13.0. The molecule has 3 aromatic heterocycles. The fourth-order valence-electron chi connectivity index (χ4n) is 3.95. The van der Waals surface area contributed by atoms with Crippen molar-refractivity contribution in [3.63, 3.8) is 0 Å². The number of aromatic nitrogens is 3. The third-order valence-corrected chi connectivity index (χ3v) is 9.93. The van der Waals surface area contributed by atoms with Gasteiger partial charge in [-0.05, 0) is 30.7 Å². The average molecular weight is 603 g/mol. The number of hydrogen-bond donors (Lipinski definition) is 2. The van der Waals surface area contributed by atoms with Crippen LogP contribution in [0.5, 0.6) is 0 Å². The molecule has 4 heterocycles. The van der Waals surface area contributed by atoms with E-state index in [0.717, 1.165) is 0 Å². The number of anilines is 2. The van der Waals surface area contributed by atoms with E-state index < -0.39 is 21.0 Å². The number of nitrogens with zero attached hydrogens (tertiary/aromatic N) is 5. The van der Waals surface area contributed by atoms with E-state index in [2.05, 4.69) is 25.4 Å². The number of aliphatic hydroxyl groups is 1. The molecule has 0 bridgehead atoms. The Morgan fingerprint density at radius 3 is 2.77 bits per heavy atom. The lowest BCUT2D eigenvalue weighted by Crippen LogP contribution is -2.25. The zero-order chi connectivity index (χ0) is 28.1. The first-order valence-corrected chi connectivity index (χ1v) is 15.5. The summed E-state index contributed by atoms with van der Waals surface area (Å²) in [4.78, 5) is 34.5. The maximum atomic E-state index is 13.4. The number of aliphatic hydroxyl groups excluding tert-OH is 1. The second-order valence-electron chi connectivity index (χ2n) is 8.81. The molecule has 0 aliphatic carbocycles. The molecule has 1 aliphatic rings. The van der Waals surface area contributed by atoms with Gasteiger partial charge in [0.2, 0.25) is 0 Å². The third-order valence-electron chi connectivity index (χ3n) is 6.11. The summed E-state index contributed by atoms with van der Waals surface area (Å²) in [5.74, 6) is 0.0794. The molecule has 15 heteroatoms. The SMILES string of the molecule is CN(CCO)c1ccc2nc(NC(=O)C(=NOCc3nccs3)c3ccc(S(=O)(=O)[C@H]4CCOC4)cc3)sc2n1. The van der Waals surface area contributed by atoms with Crippen LogP contribution in [0.25, 0.3) is 10.3 Å². The molecule has 1 fully saturated rings. The van der Waals surface area contributed by atoms with Gasteiger partial charge in [-0.15, -0.1) is 11.3 Å². The number of benzene rings is 1. The Morgan fingerprint density at radius 2 is 2.08 bits per heavy atom. The van der Waals surface area contributed by atoms with Gasteiger partial charge in [0.25, 0.3) is 5.91 Å². The molecule has 1 aromatic carbocycles. The molecule has 4 aromatic rings. The van der Waals surface area contributed by atoms with E-state index in [1.54, 1.807) is 23.7 Å². The number of oxime groups is 1. The first-order chi connectivity index (χ1) is 19.3. The van der Waals surface area contributed by atoms with Gasteiger partial charge in [0.1, 0.15) is 21.2 Å². The molecule has 1 amide bonds. The van der Waals surface area contributed by atoms with Crippen LogP contribution in [-0.4, -0.2) is 78.8 Å². The molecule has 1 saturated heterocycles. The lowest BCUT2D eigenvalue weighted by atomic mass is 10.1. The van der Waals surface area contributed by atoms with Crippen LogP contribution in [0.3, 0.4) is 0 Å². The summed E-state index contributed by atoms with van der Waals surface area (Å²) < 4.78 is 31.1. The van der Waals surface area contributed by atoms with Gasteiger partial charge in [-0.1, -0.05) is 28.6 Å². The van der Waals surface area contributed by atoms with E-state index in [4.69, 9.17) is 9.57 Å². The van der Waals surface area contributed by atoms with Crippen molar-refractivity contribution in [1.82, 2.24) is 15.0 Å². The van der Waals surface area contributed by atoms with Crippen molar-refractivity contribution in [2.45, 2.75) is 23.2 Å². The van der Waals surface area contributed by atoms with Crippen LogP contribution in [0.1, 0.15) is 17.0 Å². The third kappa shape index (κ3) is 6.28. The second kappa shape index (κ2) is 12.3. The number of ether oxygens (including phenoxy) is 1. The van der Waals surface area contributed by atoms with E-state index in [-0.39, 0.29) is 30.4 Å². The van der Waals surface area contributed by atoms with Crippen molar-refractivity contribution in [2.75, 3.05) is 43.6 Å². The van der Waals surface area contributed by atoms with Crippen molar-refractivity contribution in [3.05, 3.63) is 58.5 Å². The lowest BCUT2D eigenvalue weighted by molar-refractivity contribution is -0.110. The number of pyridine rings is 1. The predicted molar refractivity (Wildman–Crippen MR) is 153 cm³/mol. The minimum Gasteiger partial charge on any atom is -0.395 e. The van der Waals surface area contributed by atoms with Gasteiger partial charge >= 0.3 is 0 Å². The zero-order valence-electron chi connectivity index (χ0n) is 21.4. The number of carbonyl (C=O) groups is 1. The standard InChI is InChI=1S/C25H26N6O6S3/c1-31(10-11-32)20-7-6-19-24(28-20)39-25(27-19)29-23(33)22(30-37-15-21-26-9-13-38-21)16-2-4-17(5-3-16)40(34,35)18-8-12-36-14-18/h2-7,9,13,18,32H,8,10-12,14-15H2,1H3,(H,27,29,33)/t18-/m0/s1. The Labute approximate surface area is 238 Å². The normalized spacial score (nSPS) is 15.8. The molecule has 0 unspecified atom stereocenters. The highest BCUT2D eigenvalue weighted by Crippen LogP contribution is 2.27. The fraction of sp³-hybridized carbons (Fsp3) is 0.320. The van der Waals surface area contributed by atoms with Crippen LogP contribution in [-0.2, 0) is 30.8 Å². The van der Waals surface area contributed by atoms with E-state index in [1.807, 2.05) is 11.9 Å². The molecule has 0 radical (unpaired) electrons. The van der Waals surface area contributed by atoms with E-state index >= 15 is 0 Å². The Kier molecular flexibility index (Phi) is 8.66.